The Morgan fingerprint density at radius 1 is 1.37 bits per heavy atom. The van der Waals surface area contributed by atoms with Gasteiger partial charge in [-0.25, -0.2) is 14.5 Å². The molecule has 2 aromatic heterocycles. The van der Waals surface area contributed by atoms with Crippen LogP contribution in [0.3, 0.4) is 0 Å². The molecule has 0 unspecified atom stereocenters. The number of fused-ring (bicyclic) bond motifs is 1. The molecule has 0 aliphatic carbocycles. The molecule has 3 heterocycles. The summed E-state index contributed by atoms with van der Waals surface area (Å²) in [6, 6.07) is 0. The van der Waals surface area contributed by atoms with Crippen molar-refractivity contribution in [1.82, 2.24) is 14.5 Å². The van der Waals surface area contributed by atoms with Crippen LogP contribution in [-0.4, -0.2) is 65.4 Å². The van der Waals surface area contributed by atoms with Gasteiger partial charge in [-0.2, -0.15) is 0 Å². The van der Waals surface area contributed by atoms with E-state index >= 15 is 0 Å². The zero-order valence-corrected chi connectivity index (χ0v) is 14.9. The first-order valence-corrected chi connectivity index (χ1v) is 9.18. The average Bonchev–Trinajstić information content (AvgIpc) is 3.04. The number of phosphoric ester groups is 1. The van der Waals surface area contributed by atoms with Crippen molar-refractivity contribution in [2.75, 3.05) is 12.3 Å². The summed E-state index contributed by atoms with van der Waals surface area (Å²) in [5, 5.41) is 20.6. The quantitative estimate of drug-likeness (QED) is 0.304. The van der Waals surface area contributed by atoms with E-state index in [1.807, 2.05) is 0 Å². The number of aryl methyl sites for hydroxylation is 1. The van der Waals surface area contributed by atoms with E-state index in [1.54, 1.807) is 6.92 Å². The molecule has 0 saturated carbocycles. The van der Waals surface area contributed by atoms with E-state index in [1.165, 1.54) is 10.8 Å². The Bertz CT molecular complexity index is 942. The van der Waals surface area contributed by atoms with Crippen molar-refractivity contribution in [1.29, 1.82) is 0 Å². The van der Waals surface area contributed by atoms with Crippen LogP contribution in [0.25, 0.3) is 11.0 Å². The van der Waals surface area contributed by atoms with Crippen molar-refractivity contribution in [2.45, 2.75) is 31.5 Å². The molecule has 1 aliphatic rings. The maximum absolute atomic E-state index is 11.7. The molecule has 4 atom stereocenters. The molecule has 1 fully saturated rings. The summed E-state index contributed by atoms with van der Waals surface area (Å²) >= 11 is 0. The van der Waals surface area contributed by atoms with Crippen LogP contribution in [0, 0.1) is 6.92 Å². The van der Waals surface area contributed by atoms with Crippen LogP contribution in [0.1, 0.15) is 22.4 Å². The summed E-state index contributed by atoms with van der Waals surface area (Å²) in [5.41, 5.74) is 11.4. The molecule has 2 aromatic rings. The minimum Gasteiger partial charge on any atom is -0.387 e. The van der Waals surface area contributed by atoms with Gasteiger partial charge in [0.25, 0.3) is 5.91 Å². The number of nitrogens with two attached hydrogens (primary N) is 2. The highest BCUT2D eigenvalue weighted by atomic mass is 31.2. The SMILES string of the molecule is Cc1nc(N)c2c(C(N)=O)cn([C@@H]3O[C@H](COP(=O)(O)O)[C@@H](O)[C@H]3O)c2n1. The maximum Gasteiger partial charge on any atom is 0.469 e. The molecular weight excluding hydrogens is 385 g/mol. The molecule has 148 valence electrons. The summed E-state index contributed by atoms with van der Waals surface area (Å²) in [6.07, 6.45) is -4.26. The third kappa shape index (κ3) is 3.66. The molecule has 1 amide bonds. The second-order valence-corrected chi connectivity index (χ2v) is 7.24. The molecule has 0 bridgehead atoms. The number of hydrogen-bond acceptors (Lipinski definition) is 9. The number of anilines is 1. The van der Waals surface area contributed by atoms with Crippen molar-refractivity contribution in [3.63, 3.8) is 0 Å². The second kappa shape index (κ2) is 6.80. The fourth-order valence-corrected chi connectivity index (χ4v) is 3.28. The number of aromatic nitrogens is 3. The predicted molar refractivity (Wildman–Crippen MR) is 89.1 cm³/mol. The van der Waals surface area contributed by atoms with Crippen LogP contribution in [0.15, 0.2) is 6.20 Å². The Kier molecular flexibility index (Phi) is 4.94. The highest BCUT2D eigenvalue weighted by Gasteiger charge is 2.45. The van der Waals surface area contributed by atoms with E-state index < -0.39 is 44.9 Å². The molecule has 1 aliphatic heterocycles. The van der Waals surface area contributed by atoms with Crippen LogP contribution in [0.2, 0.25) is 0 Å². The number of nitrogens with zero attached hydrogens (tertiary/aromatic N) is 3. The first kappa shape index (κ1) is 19.6. The number of nitrogen functional groups attached to an aromatic ring is 1. The van der Waals surface area contributed by atoms with E-state index in [-0.39, 0.29) is 28.2 Å². The fraction of sp³-hybridized carbons (Fsp3) is 0.462. The van der Waals surface area contributed by atoms with E-state index in [4.69, 9.17) is 26.0 Å². The lowest BCUT2D eigenvalue weighted by Gasteiger charge is -2.17. The first-order valence-electron chi connectivity index (χ1n) is 7.65. The Morgan fingerprint density at radius 3 is 2.63 bits per heavy atom. The number of amides is 1. The number of rotatable bonds is 5. The van der Waals surface area contributed by atoms with Gasteiger partial charge in [-0.1, -0.05) is 0 Å². The minimum absolute atomic E-state index is 0.000493. The Hall–Kier alpha value is -2.12. The van der Waals surface area contributed by atoms with Crippen LogP contribution >= 0.6 is 7.82 Å². The zero-order chi connectivity index (χ0) is 20.1. The number of phosphoric acid groups is 1. The van der Waals surface area contributed by atoms with Gasteiger partial charge in [-0.3, -0.25) is 9.32 Å². The van der Waals surface area contributed by atoms with Gasteiger partial charge < -0.3 is 40.8 Å². The van der Waals surface area contributed by atoms with Gasteiger partial charge in [0, 0.05) is 6.20 Å². The topological polar surface area (TPSA) is 216 Å². The summed E-state index contributed by atoms with van der Waals surface area (Å²) in [4.78, 5) is 37.5. The van der Waals surface area contributed by atoms with Crippen LogP contribution in [0.5, 0.6) is 0 Å². The summed E-state index contributed by atoms with van der Waals surface area (Å²) < 4.78 is 21.9. The zero-order valence-electron chi connectivity index (χ0n) is 14.0. The molecule has 27 heavy (non-hydrogen) atoms. The van der Waals surface area contributed by atoms with Crippen molar-refractivity contribution >= 4 is 30.6 Å². The van der Waals surface area contributed by atoms with Crippen molar-refractivity contribution in [3.05, 3.63) is 17.6 Å². The molecule has 3 rings (SSSR count). The molecular formula is C13H18N5O8P. The Morgan fingerprint density at radius 2 is 2.04 bits per heavy atom. The monoisotopic (exact) mass is 403 g/mol. The van der Waals surface area contributed by atoms with E-state index in [0.717, 1.165) is 0 Å². The van der Waals surface area contributed by atoms with Crippen LogP contribution in [-0.2, 0) is 13.8 Å². The van der Waals surface area contributed by atoms with Gasteiger partial charge in [-0.05, 0) is 6.92 Å². The third-order valence-corrected chi connectivity index (χ3v) is 4.58. The lowest BCUT2D eigenvalue weighted by Crippen LogP contribution is -2.33. The summed E-state index contributed by atoms with van der Waals surface area (Å²) in [6.45, 7) is 0.894. The number of aliphatic hydroxyl groups excluding tert-OH is 2. The number of carbonyl (C=O) groups is 1. The van der Waals surface area contributed by atoms with Gasteiger partial charge >= 0.3 is 7.82 Å². The predicted octanol–water partition coefficient (Wildman–Crippen LogP) is -1.85. The average molecular weight is 403 g/mol. The minimum atomic E-state index is -4.80. The van der Waals surface area contributed by atoms with E-state index in [2.05, 4.69) is 14.5 Å². The number of hydrogen-bond donors (Lipinski definition) is 6. The summed E-state index contributed by atoms with van der Waals surface area (Å²) in [7, 11) is -4.80. The van der Waals surface area contributed by atoms with E-state index in [0.29, 0.717) is 0 Å². The second-order valence-electron chi connectivity index (χ2n) is 6.00. The third-order valence-electron chi connectivity index (χ3n) is 4.10. The van der Waals surface area contributed by atoms with Gasteiger partial charge in [0.1, 0.15) is 35.6 Å². The normalized spacial score (nSPS) is 26.0. The van der Waals surface area contributed by atoms with Crippen molar-refractivity contribution < 1.29 is 38.6 Å². The maximum atomic E-state index is 11.7. The van der Waals surface area contributed by atoms with Gasteiger partial charge in [0.05, 0.1) is 17.6 Å². The molecule has 0 spiro atoms. The number of carbonyl (C=O) groups excluding carboxylic acids is 1. The molecule has 13 nitrogen and oxygen atoms in total. The molecule has 0 radical (unpaired) electrons. The first-order chi connectivity index (χ1) is 12.5. The lowest BCUT2D eigenvalue weighted by atomic mass is 10.1. The highest BCUT2D eigenvalue weighted by molar-refractivity contribution is 7.46. The van der Waals surface area contributed by atoms with E-state index in [9.17, 15) is 19.6 Å². The molecule has 14 heteroatoms. The van der Waals surface area contributed by atoms with Gasteiger partial charge in [-0.15, -0.1) is 0 Å². The molecule has 0 aromatic carbocycles. The number of ether oxygens (including phenoxy) is 1. The molecule has 1 saturated heterocycles. The Balaban J connectivity index is 2.02. The standard InChI is InChI=1S/C13H18N5O8P/c1-4-16-10(14)7-5(11(15)21)2-18(12(7)17-4)13-9(20)8(19)6(26-13)3-25-27(22,23)24/h2,6,8-9,13,19-20H,3H2,1H3,(H2,15,21)(H2,14,16,17)(H2,22,23,24)/t6-,8-,9-,13-/m1/s1. The summed E-state index contributed by atoms with van der Waals surface area (Å²) in [5.74, 6) is -0.531. The fourth-order valence-electron chi connectivity index (χ4n) is 2.94. The van der Waals surface area contributed by atoms with Crippen molar-refractivity contribution in [3.8, 4) is 0 Å². The Labute approximate surface area is 151 Å². The van der Waals surface area contributed by atoms with Crippen LogP contribution in [0.4, 0.5) is 5.82 Å². The smallest absolute Gasteiger partial charge is 0.387 e. The number of aliphatic hydroxyl groups is 2. The lowest BCUT2D eigenvalue weighted by molar-refractivity contribution is -0.0501. The van der Waals surface area contributed by atoms with Crippen molar-refractivity contribution in [2.24, 2.45) is 5.73 Å². The van der Waals surface area contributed by atoms with Crippen LogP contribution < -0.4 is 11.5 Å². The highest BCUT2D eigenvalue weighted by Crippen LogP contribution is 2.39. The number of primary amides is 1. The molecule has 8 N–H and O–H groups in total. The largest absolute Gasteiger partial charge is 0.469 e. The van der Waals surface area contributed by atoms with Gasteiger partial charge in [0.15, 0.2) is 6.23 Å². The van der Waals surface area contributed by atoms with Gasteiger partial charge in [0.2, 0.25) is 0 Å².